The molecule has 1 aromatic carbocycles. The van der Waals surface area contributed by atoms with E-state index in [2.05, 4.69) is 0 Å². The number of benzene rings is 1. The summed E-state index contributed by atoms with van der Waals surface area (Å²) in [7, 11) is 0. The van der Waals surface area contributed by atoms with Crippen LogP contribution in [0, 0.1) is 0 Å². The highest BCUT2D eigenvalue weighted by Gasteiger charge is 2.90. The highest BCUT2D eigenvalue weighted by molar-refractivity contribution is 5.67. The first-order valence-corrected chi connectivity index (χ1v) is 8.08. The summed E-state index contributed by atoms with van der Waals surface area (Å²) in [5, 5.41) is 0. The van der Waals surface area contributed by atoms with E-state index < -0.39 is 54.0 Å². The lowest BCUT2D eigenvalue weighted by molar-refractivity contribution is -0.436. The number of hydrogen-bond acceptors (Lipinski definition) is 1. The zero-order valence-electron chi connectivity index (χ0n) is 15.2. The SMILES string of the molecule is CCOCC(=CC(F)(F)C(F)(F)C(F)(F)C(F)(F)C(F)(F)C(F)(F)F)c1ccccc1. The van der Waals surface area contributed by atoms with E-state index in [1.807, 2.05) is 0 Å². The molecule has 0 aliphatic rings. The van der Waals surface area contributed by atoms with Gasteiger partial charge in [0.15, 0.2) is 0 Å². The Labute approximate surface area is 166 Å². The van der Waals surface area contributed by atoms with Crippen LogP contribution in [0.5, 0.6) is 0 Å². The summed E-state index contributed by atoms with van der Waals surface area (Å²) in [5.41, 5.74) is -1.25. The molecule has 0 aliphatic carbocycles. The van der Waals surface area contributed by atoms with E-state index in [1.165, 1.54) is 25.1 Å². The van der Waals surface area contributed by atoms with Gasteiger partial charge < -0.3 is 4.74 Å². The van der Waals surface area contributed by atoms with Crippen molar-refractivity contribution in [3.63, 3.8) is 0 Å². The van der Waals surface area contributed by atoms with Crippen molar-refractivity contribution in [2.75, 3.05) is 13.2 Å². The molecule has 1 aromatic rings. The van der Waals surface area contributed by atoms with Crippen molar-refractivity contribution in [1.82, 2.24) is 0 Å². The Kier molecular flexibility index (Phi) is 7.42. The van der Waals surface area contributed by atoms with Crippen LogP contribution in [0.25, 0.3) is 5.57 Å². The van der Waals surface area contributed by atoms with Crippen LogP contribution >= 0.6 is 0 Å². The summed E-state index contributed by atoms with van der Waals surface area (Å²) in [4.78, 5) is 0. The smallest absolute Gasteiger partial charge is 0.377 e. The summed E-state index contributed by atoms with van der Waals surface area (Å²) in [6, 6.07) is 5.76. The van der Waals surface area contributed by atoms with Crippen molar-refractivity contribution in [2.24, 2.45) is 0 Å². The average Bonchev–Trinajstić information content (AvgIpc) is 2.64. The van der Waals surface area contributed by atoms with Crippen LogP contribution in [-0.2, 0) is 4.74 Å². The van der Waals surface area contributed by atoms with Crippen molar-refractivity contribution in [3.05, 3.63) is 42.0 Å². The van der Waals surface area contributed by atoms with Gasteiger partial charge >= 0.3 is 35.8 Å². The average molecular weight is 480 g/mol. The molecule has 0 amide bonds. The van der Waals surface area contributed by atoms with Crippen molar-refractivity contribution in [1.29, 1.82) is 0 Å². The Bertz CT molecular complexity index is 766. The van der Waals surface area contributed by atoms with Gasteiger partial charge in [0.2, 0.25) is 0 Å². The standard InChI is InChI=1S/C17H13F13O/c1-2-31-9-11(10-6-4-3-5-7-10)8-12(18,19)13(20,21)14(22,23)15(24,25)16(26,27)17(28,29)30/h3-8H,2,9H2,1H3. The second-order valence-electron chi connectivity index (χ2n) is 6.09. The van der Waals surface area contributed by atoms with Gasteiger partial charge in [-0.2, -0.15) is 57.1 Å². The molecule has 0 radical (unpaired) electrons. The lowest BCUT2D eigenvalue weighted by atomic mass is 9.92. The van der Waals surface area contributed by atoms with Crippen LogP contribution in [-0.4, -0.2) is 49.0 Å². The third-order valence-electron chi connectivity index (χ3n) is 3.92. The van der Waals surface area contributed by atoms with Crippen LogP contribution in [0.2, 0.25) is 0 Å². The molecular formula is C17H13F13O. The van der Waals surface area contributed by atoms with E-state index in [4.69, 9.17) is 4.74 Å². The Balaban J connectivity index is 3.58. The predicted molar refractivity (Wildman–Crippen MR) is 81.7 cm³/mol. The van der Waals surface area contributed by atoms with Crippen molar-refractivity contribution >= 4 is 5.57 Å². The van der Waals surface area contributed by atoms with Gasteiger partial charge in [-0.1, -0.05) is 30.3 Å². The highest BCUT2D eigenvalue weighted by atomic mass is 19.4. The fraction of sp³-hybridized carbons (Fsp3) is 0.529. The van der Waals surface area contributed by atoms with Gasteiger partial charge in [-0.05, 0) is 24.1 Å². The molecule has 0 fully saturated rings. The normalized spacial score (nSPS) is 15.4. The zero-order valence-corrected chi connectivity index (χ0v) is 15.2. The minimum absolute atomic E-state index is 0.196. The van der Waals surface area contributed by atoms with Crippen LogP contribution in [0.3, 0.4) is 0 Å². The monoisotopic (exact) mass is 480 g/mol. The molecular weight excluding hydrogens is 467 g/mol. The third-order valence-corrected chi connectivity index (χ3v) is 3.92. The second kappa shape index (κ2) is 8.51. The number of allylic oxidation sites excluding steroid dienone is 1. The van der Waals surface area contributed by atoms with Gasteiger partial charge in [0.25, 0.3) is 0 Å². The number of rotatable bonds is 9. The first kappa shape index (κ1) is 27.0. The molecule has 0 heterocycles. The molecule has 0 unspecified atom stereocenters. The van der Waals surface area contributed by atoms with Crippen molar-refractivity contribution < 1.29 is 61.8 Å². The van der Waals surface area contributed by atoms with E-state index in [0.717, 1.165) is 12.1 Å². The quantitative estimate of drug-likeness (QED) is 0.352. The van der Waals surface area contributed by atoms with E-state index in [9.17, 15) is 57.1 Å². The Morgan fingerprint density at radius 3 is 1.58 bits per heavy atom. The molecule has 0 aromatic heterocycles. The maximum atomic E-state index is 14.1. The molecule has 0 atom stereocenters. The largest absolute Gasteiger partial charge is 0.460 e. The summed E-state index contributed by atoms with van der Waals surface area (Å²) < 4.78 is 176. The maximum absolute atomic E-state index is 14.1. The van der Waals surface area contributed by atoms with E-state index in [1.54, 1.807) is 0 Å². The fourth-order valence-corrected chi connectivity index (χ4v) is 2.16. The first-order chi connectivity index (χ1) is 13.8. The van der Waals surface area contributed by atoms with E-state index in [-0.39, 0.29) is 12.2 Å². The van der Waals surface area contributed by atoms with E-state index >= 15 is 0 Å². The molecule has 1 nitrogen and oxygen atoms in total. The molecule has 0 spiro atoms. The van der Waals surface area contributed by atoms with Gasteiger partial charge in [-0.3, -0.25) is 0 Å². The second-order valence-corrected chi connectivity index (χ2v) is 6.09. The Morgan fingerprint density at radius 1 is 0.710 bits per heavy atom. The molecule has 14 heteroatoms. The summed E-state index contributed by atoms with van der Waals surface area (Å²) in [6.07, 6.45) is -8.38. The highest BCUT2D eigenvalue weighted by Crippen LogP contribution is 2.60. The minimum Gasteiger partial charge on any atom is -0.377 e. The lowest BCUT2D eigenvalue weighted by Gasteiger charge is -2.39. The van der Waals surface area contributed by atoms with Crippen LogP contribution in [0.4, 0.5) is 57.1 Å². The summed E-state index contributed by atoms with van der Waals surface area (Å²) >= 11 is 0. The summed E-state index contributed by atoms with van der Waals surface area (Å²) in [5.74, 6) is -37.2. The van der Waals surface area contributed by atoms with Gasteiger partial charge in [0.1, 0.15) is 0 Å². The Morgan fingerprint density at radius 2 is 1.16 bits per heavy atom. The predicted octanol–water partition coefficient (Wildman–Crippen LogP) is 6.85. The molecule has 0 N–H and O–H groups in total. The molecule has 0 bridgehead atoms. The molecule has 31 heavy (non-hydrogen) atoms. The third kappa shape index (κ3) is 4.62. The number of hydrogen-bond donors (Lipinski definition) is 0. The van der Waals surface area contributed by atoms with Gasteiger partial charge in [-0.25, -0.2) is 0 Å². The van der Waals surface area contributed by atoms with Gasteiger partial charge in [0, 0.05) is 6.61 Å². The maximum Gasteiger partial charge on any atom is 0.460 e. The Hall–Kier alpha value is -1.99. The number of halogens is 13. The summed E-state index contributed by atoms with van der Waals surface area (Å²) in [6.45, 7) is 0.203. The first-order valence-electron chi connectivity index (χ1n) is 8.08. The minimum atomic E-state index is -7.92. The molecule has 0 saturated carbocycles. The topological polar surface area (TPSA) is 9.23 Å². The van der Waals surface area contributed by atoms with Crippen LogP contribution < -0.4 is 0 Å². The molecule has 0 saturated heterocycles. The van der Waals surface area contributed by atoms with Gasteiger partial charge in [0.05, 0.1) is 6.61 Å². The van der Waals surface area contributed by atoms with Crippen molar-refractivity contribution in [2.45, 2.75) is 42.7 Å². The van der Waals surface area contributed by atoms with Crippen molar-refractivity contribution in [3.8, 4) is 0 Å². The number of alkyl halides is 13. The number of ether oxygens (including phenoxy) is 1. The molecule has 0 aliphatic heterocycles. The molecule has 1 rings (SSSR count). The van der Waals surface area contributed by atoms with Crippen LogP contribution in [0.15, 0.2) is 36.4 Å². The van der Waals surface area contributed by atoms with Gasteiger partial charge in [-0.15, -0.1) is 0 Å². The molecule has 178 valence electrons. The lowest BCUT2D eigenvalue weighted by Crippen LogP contribution is -2.69. The fourth-order valence-electron chi connectivity index (χ4n) is 2.16. The van der Waals surface area contributed by atoms with Crippen LogP contribution in [0.1, 0.15) is 12.5 Å². The van der Waals surface area contributed by atoms with E-state index in [0.29, 0.717) is 0 Å². The zero-order chi connectivity index (χ0) is 24.5.